The van der Waals surface area contributed by atoms with Gasteiger partial charge in [0, 0.05) is 25.7 Å². The van der Waals surface area contributed by atoms with Crippen LogP contribution >= 0.6 is 0 Å². The monoisotopic (exact) mass is 342 g/mol. The second kappa shape index (κ2) is 7.63. The van der Waals surface area contributed by atoms with Gasteiger partial charge in [0.1, 0.15) is 5.82 Å². The van der Waals surface area contributed by atoms with Crippen LogP contribution in [0.25, 0.3) is 0 Å². The van der Waals surface area contributed by atoms with Crippen molar-refractivity contribution in [2.45, 2.75) is 52.0 Å². The summed E-state index contributed by atoms with van der Waals surface area (Å²) in [4.78, 5) is 16.5. The van der Waals surface area contributed by atoms with Gasteiger partial charge in [0.05, 0.1) is 11.4 Å². The number of aryl methyl sites for hydroxylation is 2. The van der Waals surface area contributed by atoms with Gasteiger partial charge in [-0.25, -0.2) is 9.78 Å². The Morgan fingerprint density at radius 2 is 2.24 bits per heavy atom. The highest BCUT2D eigenvalue weighted by Gasteiger charge is 2.24. The fourth-order valence-corrected chi connectivity index (χ4v) is 3.09. The second-order valence-electron chi connectivity index (χ2n) is 7.13. The number of anilines is 1. The van der Waals surface area contributed by atoms with E-state index in [4.69, 9.17) is 0 Å². The molecule has 0 fully saturated rings. The first kappa shape index (κ1) is 17.4. The Balaban J connectivity index is 1.49. The predicted molar refractivity (Wildman–Crippen MR) is 96.4 cm³/mol. The average Bonchev–Trinajstić information content (AvgIpc) is 2.94. The fraction of sp³-hybridized carbons (Fsp3) is 0.556. The number of nitrogens with zero attached hydrogens (tertiary/aromatic N) is 4. The maximum Gasteiger partial charge on any atom is 0.320 e. The average molecular weight is 342 g/mol. The van der Waals surface area contributed by atoms with Crippen LogP contribution in [0.5, 0.6) is 0 Å². The van der Waals surface area contributed by atoms with Crippen LogP contribution in [0.15, 0.2) is 18.3 Å². The zero-order valence-corrected chi connectivity index (χ0v) is 15.1. The number of carbonyl (C=O) groups is 1. The van der Waals surface area contributed by atoms with Crippen LogP contribution in [0.1, 0.15) is 43.6 Å². The summed E-state index contributed by atoms with van der Waals surface area (Å²) in [6, 6.07) is 3.74. The molecule has 2 heterocycles. The van der Waals surface area contributed by atoms with E-state index >= 15 is 0 Å². The van der Waals surface area contributed by atoms with Crippen molar-refractivity contribution >= 4 is 11.8 Å². The van der Waals surface area contributed by atoms with Crippen molar-refractivity contribution in [1.29, 1.82) is 0 Å². The summed E-state index contributed by atoms with van der Waals surface area (Å²) in [6.45, 7) is 4.42. The molecule has 25 heavy (non-hydrogen) atoms. The summed E-state index contributed by atoms with van der Waals surface area (Å²) in [7, 11) is 1.91. The van der Waals surface area contributed by atoms with E-state index in [-0.39, 0.29) is 12.1 Å². The zero-order chi connectivity index (χ0) is 17.8. The number of fused-ring (bicyclic) bond motifs is 1. The Kier molecular flexibility index (Phi) is 5.31. The lowest BCUT2D eigenvalue weighted by atomic mass is 9.96. The number of hydrogen-bond donors (Lipinski definition) is 2. The van der Waals surface area contributed by atoms with Gasteiger partial charge in [-0.05, 0) is 43.2 Å². The standard InChI is InChI=1S/C18H26N6O/c1-12(2)4-5-13-6-9-17(19-11-13)21-18(25)20-14-7-8-16-15(10-14)22-23-24(16)3/h6,9,11-12,14H,4-5,7-8,10H2,1-3H3,(H2,19,20,21,25). The molecule has 1 aliphatic rings. The summed E-state index contributed by atoms with van der Waals surface area (Å²) in [5, 5.41) is 14.0. The van der Waals surface area contributed by atoms with E-state index in [9.17, 15) is 4.79 Å². The molecule has 1 aliphatic carbocycles. The molecule has 0 saturated heterocycles. The van der Waals surface area contributed by atoms with Gasteiger partial charge in [0.25, 0.3) is 0 Å². The van der Waals surface area contributed by atoms with Crippen LogP contribution in [0.4, 0.5) is 10.6 Å². The first-order valence-corrected chi connectivity index (χ1v) is 8.91. The van der Waals surface area contributed by atoms with E-state index in [0.717, 1.165) is 43.5 Å². The van der Waals surface area contributed by atoms with E-state index in [0.29, 0.717) is 11.7 Å². The Morgan fingerprint density at radius 3 is 2.96 bits per heavy atom. The minimum atomic E-state index is -0.222. The van der Waals surface area contributed by atoms with Crippen molar-refractivity contribution in [3.05, 3.63) is 35.3 Å². The van der Waals surface area contributed by atoms with Gasteiger partial charge in [0.2, 0.25) is 0 Å². The number of nitrogens with one attached hydrogen (secondary N) is 2. The van der Waals surface area contributed by atoms with Crippen molar-refractivity contribution in [2.24, 2.45) is 13.0 Å². The first-order valence-electron chi connectivity index (χ1n) is 8.91. The normalized spacial score (nSPS) is 16.6. The zero-order valence-electron chi connectivity index (χ0n) is 15.1. The minimum Gasteiger partial charge on any atom is -0.335 e. The molecule has 1 atom stereocenters. The van der Waals surface area contributed by atoms with Gasteiger partial charge < -0.3 is 5.32 Å². The number of amides is 2. The number of pyridine rings is 1. The fourth-order valence-electron chi connectivity index (χ4n) is 3.09. The van der Waals surface area contributed by atoms with Crippen molar-refractivity contribution in [2.75, 3.05) is 5.32 Å². The van der Waals surface area contributed by atoms with E-state index in [1.807, 2.05) is 30.1 Å². The van der Waals surface area contributed by atoms with Crippen LogP contribution in [0, 0.1) is 5.92 Å². The number of carbonyl (C=O) groups excluding carboxylic acids is 1. The van der Waals surface area contributed by atoms with Crippen molar-refractivity contribution in [3.8, 4) is 0 Å². The molecule has 2 aromatic rings. The van der Waals surface area contributed by atoms with Gasteiger partial charge in [0.15, 0.2) is 0 Å². The van der Waals surface area contributed by atoms with Gasteiger partial charge in [-0.1, -0.05) is 25.1 Å². The molecule has 2 N–H and O–H groups in total. The van der Waals surface area contributed by atoms with Gasteiger partial charge in [-0.15, -0.1) is 5.10 Å². The summed E-state index contributed by atoms with van der Waals surface area (Å²) in [5.74, 6) is 1.25. The smallest absolute Gasteiger partial charge is 0.320 e. The molecule has 0 spiro atoms. The largest absolute Gasteiger partial charge is 0.335 e. The quantitative estimate of drug-likeness (QED) is 0.874. The van der Waals surface area contributed by atoms with Crippen LogP contribution < -0.4 is 10.6 Å². The number of rotatable bonds is 5. The third-order valence-electron chi connectivity index (χ3n) is 4.60. The van der Waals surface area contributed by atoms with Crippen molar-refractivity contribution in [3.63, 3.8) is 0 Å². The third kappa shape index (κ3) is 4.55. The number of aromatic nitrogens is 4. The number of hydrogen-bond acceptors (Lipinski definition) is 4. The Morgan fingerprint density at radius 1 is 1.40 bits per heavy atom. The topological polar surface area (TPSA) is 84.7 Å². The molecule has 2 aromatic heterocycles. The van der Waals surface area contributed by atoms with E-state index in [1.165, 1.54) is 5.56 Å². The molecule has 1 unspecified atom stereocenters. The summed E-state index contributed by atoms with van der Waals surface area (Å²) in [5.41, 5.74) is 3.34. The Hall–Kier alpha value is -2.44. The lowest BCUT2D eigenvalue weighted by Crippen LogP contribution is -2.41. The summed E-state index contributed by atoms with van der Waals surface area (Å²) >= 11 is 0. The summed E-state index contributed by atoms with van der Waals surface area (Å²) in [6.07, 6.45) is 6.49. The molecule has 7 nitrogen and oxygen atoms in total. The van der Waals surface area contributed by atoms with Crippen LogP contribution in [-0.2, 0) is 26.3 Å². The predicted octanol–water partition coefficient (Wildman–Crippen LogP) is 2.48. The minimum absolute atomic E-state index is 0.0783. The second-order valence-corrected chi connectivity index (χ2v) is 7.13. The SMILES string of the molecule is CC(C)CCc1ccc(NC(=O)NC2CCc3c(nnn3C)C2)nc1. The first-order chi connectivity index (χ1) is 12.0. The maximum atomic E-state index is 12.2. The Bertz CT molecular complexity index is 722. The van der Waals surface area contributed by atoms with Crippen LogP contribution in [-0.4, -0.2) is 32.1 Å². The van der Waals surface area contributed by atoms with Gasteiger partial charge in [-0.3, -0.25) is 10.00 Å². The van der Waals surface area contributed by atoms with E-state index in [1.54, 1.807) is 0 Å². The molecule has 0 radical (unpaired) electrons. The molecule has 7 heteroatoms. The summed E-state index contributed by atoms with van der Waals surface area (Å²) < 4.78 is 1.82. The maximum absolute atomic E-state index is 12.2. The van der Waals surface area contributed by atoms with E-state index < -0.39 is 0 Å². The number of urea groups is 1. The molecule has 0 bridgehead atoms. The molecule has 3 rings (SSSR count). The van der Waals surface area contributed by atoms with E-state index in [2.05, 4.69) is 39.8 Å². The van der Waals surface area contributed by atoms with Crippen LogP contribution in [0.3, 0.4) is 0 Å². The molecule has 0 aliphatic heterocycles. The van der Waals surface area contributed by atoms with Crippen molar-refractivity contribution < 1.29 is 4.79 Å². The molecule has 0 aromatic carbocycles. The van der Waals surface area contributed by atoms with Gasteiger partial charge >= 0.3 is 6.03 Å². The van der Waals surface area contributed by atoms with Crippen molar-refractivity contribution in [1.82, 2.24) is 25.3 Å². The molecular weight excluding hydrogens is 316 g/mol. The van der Waals surface area contributed by atoms with Crippen LogP contribution in [0.2, 0.25) is 0 Å². The lowest BCUT2D eigenvalue weighted by Gasteiger charge is -2.22. The Labute approximate surface area is 148 Å². The third-order valence-corrected chi connectivity index (χ3v) is 4.60. The highest BCUT2D eigenvalue weighted by molar-refractivity contribution is 5.88. The molecule has 2 amide bonds. The molecule has 134 valence electrons. The molecule has 0 saturated carbocycles. The highest BCUT2D eigenvalue weighted by Crippen LogP contribution is 2.18. The molecular formula is C18H26N6O. The van der Waals surface area contributed by atoms with Gasteiger partial charge in [-0.2, -0.15) is 0 Å². The highest BCUT2D eigenvalue weighted by atomic mass is 16.2. The lowest BCUT2D eigenvalue weighted by molar-refractivity contribution is 0.247.